The third-order valence-corrected chi connectivity index (χ3v) is 3.66. The quantitative estimate of drug-likeness (QED) is 0.311. The van der Waals surface area contributed by atoms with Crippen LogP contribution in [-0.4, -0.2) is 29.2 Å². The highest BCUT2D eigenvalue weighted by atomic mass is 32.3. The highest BCUT2D eigenvalue weighted by molar-refractivity contribution is 7.79. The standard InChI is InChI=1S/C16H34O.H2O4S/c1-3-4-13-16(2)14-11-9-7-5-6-8-10-12-15-17;1-5(2,3)4/h16-17H,3-15H2,1-2H3;(H2,1,2,3,4)/p-2. The van der Waals surface area contributed by atoms with Crippen LogP contribution in [0.2, 0.25) is 0 Å². The lowest BCUT2D eigenvalue weighted by Crippen LogP contribution is -1.94. The van der Waals surface area contributed by atoms with Crippen molar-refractivity contribution in [2.45, 2.75) is 90.9 Å². The first-order valence-corrected chi connectivity index (χ1v) is 9.92. The van der Waals surface area contributed by atoms with Gasteiger partial charge in [0, 0.05) is 17.0 Å². The number of hydrogen-bond donors (Lipinski definition) is 1. The van der Waals surface area contributed by atoms with Crippen molar-refractivity contribution in [3.63, 3.8) is 0 Å². The van der Waals surface area contributed by atoms with E-state index in [9.17, 15) is 0 Å². The second-order valence-electron chi connectivity index (χ2n) is 6.00. The molecule has 0 saturated heterocycles. The Bertz CT molecular complexity index is 296. The number of unbranched alkanes of at least 4 members (excludes halogenated alkanes) is 8. The minimum Gasteiger partial charge on any atom is -0.759 e. The normalized spacial score (nSPS) is 12.6. The Morgan fingerprint density at radius 3 is 1.59 bits per heavy atom. The molecule has 1 atom stereocenters. The molecule has 0 radical (unpaired) electrons. The van der Waals surface area contributed by atoms with E-state index in [1.807, 2.05) is 0 Å². The summed E-state index contributed by atoms with van der Waals surface area (Å²) in [5.74, 6) is 0.944. The minimum atomic E-state index is -5.17. The molecule has 6 heteroatoms. The number of aliphatic hydroxyl groups is 1. The maximum atomic E-state index is 8.65. The molecule has 22 heavy (non-hydrogen) atoms. The molecule has 1 N–H and O–H groups in total. The Kier molecular flexibility index (Phi) is 18.8. The SMILES string of the molecule is CCCCC(C)CCCCCCCCCCO.O=S(=O)([O-])[O-]. The molecular formula is C16H34O5S-2. The van der Waals surface area contributed by atoms with Crippen molar-refractivity contribution in [1.82, 2.24) is 0 Å². The fraction of sp³-hybridized carbons (Fsp3) is 1.00. The van der Waals surface area contributed by atoms with Crippen molar-refractivity contribution in [3.8, 4) is 0 Å². The molecule has 0 aromatic heterocycles. The minimum absolute atomic E-state index is 0.371. The Hall–Kier alpha value is -0.170. The van der Waals surface area contributed by atoms with Gasteiger partial charge in [-0.25, -0.2) is 0 Å². The Morgan fingerprint density at radius 2 is 1.18 bits per heavy atom. The molecule has 0 aliphatic carbocycles. The number of aliphatic hydroxyl groups excluding tert-OH is 1. The van der Waals surface area contributed by atoms with Gasteiger partial charge in [0.25, 0.3) is 0 Å². The van der Waals surface area contributed by atoms with Crippen molar-refractivity contribution < 1.29 is 22.6 Å². The van der Waals surface area contributed by atoms with E-state index in [1.165, 1.54) is 70.6 Å². The van der Waals surface area contributed by atoms with Crippen LogP contribution in [0.1, 0.15) is 90.9 Å². The highest BCUT2D eigenvalue weighted by Gasteiger charge is 2.00. The molecule has 0 spiro atoms. The van der Waals surface area contributed by atoms with Gasteiger partial charge in [-0.2, -0.15) is 0 Å². The molecule has 0 aliphatic rings. The van der Waals surface area contributed by atoms with Gasteiger partial charge in [0.05, 0.1) is 0 Å². The number of hydrogen-bond acceptors (Lipinski definition) is 5. The van der Waals surface area contributed by atoms with Crippen molar-refractivity contribution in [1.29, 1.82) is 0 Å². The van der Waals surface area contributed by atoms with Gasteiger partial charge < -0.3 is 14.2 Å². The first kappa shape index (κ1) is 24.1. The third-order valence-electron chi connectivity index (χ3n) is 3.66. The fourth-order valence-corrected chi connectivity index (χ4v) is 2.36. The van der Waals surface area contributed by atoms with Crippen LogP contribution < -0.4 is 0 Å². The maximum Gasteiger partial charge on any atom is 0.0431 e. The molecule has 136 valence electrons. The largest absolute Gasteiger partial charge is 0.759 e. The second-order valence-corrected chi connectivity index (χ2v) is 6.81. The van der Waals surface area contributed by atoms with Crippen LogP contribution in [0.15, 0.2) is 0 Å². The molecule has 0 aromatic rings. The van der Waals surface area contributed by atoms with Gasteiger partial charge >= 0.3 is 0 Å². The van der Waals surface area contributed by atoms with Crippen molar-refractivity contribution in [2.24, 2.45) is 5.92 Å². The van der Waals surface area contributed by atoms with Gasteiger partial charge in [-0.05, 0) is 12.3 Å². The zero-order valence-corrected chi connectivity index (χ0v) is 15.1. The average Bonchev–Trinajstić information content (AvgIpc) is 2.41. The summed E-state index contributed by atoms with van der Waals surface area (Å²) >= 11 is 0. The smallest absolute Gasteiger partial charge is 0.0431 e. The first-order chi connectivity index (χ1) is 10.3. The van der Waals surface area contributed by atoms with E-state index < -0.39 is 10.4 Å². The summed E-state index contributed by atoms with van der Waals surface area (Å²) in [5, 5.41) is 8.65. The fourth-order valence-electron chi connectivity index (χ4n) is 2.36. The van der Waals surface area contributed by atoms with Gasteiger partial charge in [0.1, 0.15) is 0 Å². The van der Waals surface area contributed by atoms with Crippen molar-refractivity contribution in [3.05, 3.63) is 0 Å². The highest BCUT2D eigenvalue weighted by Crippen LogP contribution is 2.17. The predicted molar refractivity (Wildman–Crippen MR) is 87.8 cm³/mol. The van der Waals surface area contributed by atoms with E-state index in [0.29, 0.717) is 6.61 Å². The van der Waals surface area contributed by atoms with Gasteiger partial charge in [-0.1, -0.05) is 84.5 Å². The summed E-state index contributed by atoms with van der Waals surface area (Å²) in [7, 11) is -5.17. The van der Waals surface area contributed by atoms with Crippen molar-refractivity contribution in [2.75, 3.05) is 6.61 Å². The summed E-state index contributed by atoms with van der Waals surface area (Å²) < 4.78 is 34.1. The van der Waals surface area contributed by atoms with Crippen LogP contribution in [0, 0.1) is 5.92 Å². The predicted octanol–water partition coefficient (Wildman–Crippen LogP) is 3.98. The molecule has 0 heterocycles. The maximum absolute atomic E-state index is 8.65. The lowest BCUT2D eigenvalue weighted by molar-refractivity contribution is 0.282. The summed E-state index contributed by atoms with van der Waals surface area (Å²) in [6.07, 6.45) is 16.2. The van der Waals surface area contributed by atoms with E-state index in [-0.39, 0.29) is 0 Å². The van der Waals surface area contributed by atoms with E-state index >= 15 is 0 Å². The lowest BCUT2D eigenvalue weighted by Gasteiger charge is -2.10. The van der Waals surface area contributed by atoms with Crippen LogP contribution in [0.3, 0.4) is 0 Å². The van der Waals surface area contributed by atoms with Crippen LogP contribution >= 0.6 is 0 Å². The van der Waals surface area contributed by atoms with Gasteiger partial charge in [-0.3, -0.25) is 8.42 Å². The molecule has 1 unspecified atom stereocenters. The zero-order valence-electron chi connectivity index (χ0n) is 14.3. The third kappa shape index (κ3) is 32.0. The Morgan fingerprint density at radius 1 is 0.818 bits per heavy atom. The van der Waals surface area contributed by atoms with E-state index in [2.05, 4.69) is 13.8 Å². The summed E-state index contributed by atoms with van der Waals surface area (Å²) in [6.45, 7) is 5.06. The van der Waals surface area contributed by atoms with Crippen LogP contribution in [-0.2, 0) is 10.4 Å². The lowest BCUT2D eigenvalue weighted by atomic mass is 9.97. The van der Waals surface area contributed by atoms with Crippen LogP contribution in [0.4, 0.5) is 0 Å². The number of rotatable bonds is 13. The molecule has 0 amide bonds. The summed E-state index contributed by atoms with van der Waals surface area (Å²) in [4.78, 5) is 0. The van der Waals surface area contributed by atoms with E-state index in [4.69, 9.17) is 22.6 Å². The molecule has 0 bridgehead atoms. The van der Waals surface area contributed by atoms with Crippen LogP contribution in [0.25, 0.3) is 0 Å². The topological polar surface area (TPSA) is 100 Å². The molecule has 0 saturated carbocycles. The van der Waals surface area contributed by atoms with Gasteiger partial charge in [0.15, 0.2) is 0 Å². The first-order valence-electron chi connectivity index (χ1n) is 8.58. The molecule has 0 aromatic carbocycles. The second kappa shape index (κ2) is 17.2. The Labute approximate surface area is 137 Å². The van der Waals surface area contributed by atoms with Crippen molar-refractivity contribution >= 4 is 10.4 Å². The molecule has 0 fully saturated rings. The zero-order chi connectivity index (χ0) is 17.3. The van der Waals surface area contributed by atoms with E-state index in [1.54, 1.807) is 0 Å². The monoisotopic (exact) mass is 338 g/mol. The molecular weight excluding hydrogens is 304 g/mol. The van der Waals surface area contributed by atoms with Gasteiger partial charge in [-0.15, -0.1) is 0 Å². The van der Waals surface area contributed by atoms with Crippen LogP contribution in [0.5, 0.6) is 0 Å². The summed E-state index contributed by atoms with van der Waals surface area (Å²) in [5.41, 5.74) is 0. The average molecular weight is 339 g/mol. The Balaban J connectivity index is 0. The molecule has 5 nitrogen and oxygen atoms in total. The van der Waals surface area contributed by atoms with E-state index in [0.717, 1.165) is 12.3 Å². The summed E-state index contributed by atoms with van der Waals surface area (Å²) in [6, 6.07) is 0. The van der Waals surface area contributed by atoms with Gasteiger partial charge in [0.2, 0.25) is 0 Å². The molecule has 0 aliphatic heterocycles. The molecule has 0 rings (SSSR count).